The van der Waals surface area contributed by atoms with Crippen molar-refractivity contribution in [3.05, 3.63) is 17.0 Å². The topological polar surface area (TPSA) is 29.9 Å². The van der Waals surface area contributed by atoms with Crippen molar-refractivity contribution in [1.29, 1.82) is 0 Å². The highest BCUT2D eigenvalue weighted by atomic mass is 15.3. The van der Waals surface area contributed by atoms with Crippen molar-refractivity contribution in [3.63, 3.8) is 0 Å². The van der Waals surface area contributed by atoms with Gasteiger partial charge in [-0.05, 0) is 44.8 Å². The van der Waals surface area contributed by atoms with Gasteiger partial charge in [0.05, 0.1) is 5.69 Å². The lowest BCUT2D eigenvalue weighted by atomic mass is 10.1. The lowest BCUT2D eigenvalue weighted by molar-refractivity contribution is 0.553. The zero-order valence-corrected chi connectivity index (χ0v) is 11.4. The van der Waals surface area contributed by atoms with Gasteiger partial charge in [-0.3, -0.25) is 4.68 Å². The molecule has 1 aromatic heterocycles. The van der Waals surface area contributed by atoms with Gasteiger partial charge in [-0.25, -0.2) is 0 Å². The summed E-state index contributed by atoms with van der Waals surface area (Å²) in [5, 5.41) is 7.91. The van der Waals surface area contributed by atoms with Crippen LogP contribution in [-0.2, 0) is 13.0 Å². The van der Waals surface area contributed by atoms with Gasteiger partial charge in [-0.1, -0.05) is 19.8 Å². The number of rotatable bonds is 6. The molecule has 17 heavy (non-hydrogen) atoms. The van der Waals surface area contributed by atoms with Crippen LogP contribution >= 0.6 is 0 Å². The molecule has 0 saturated carbocycles. The molecule has 0 radical (unpaired) electrons. The summed E-state index contributed by atoms with van der Waals surface area (Å²) in [5.41, 5.74) is 3.63. The Kier molecular flexibility index (Phi) is 5.24. The Morgan fingerprint density at radius 3 is 2.71 bits per heavy atom. The molecule has 0 aliphatic rings. The fourth-order valence-corrected chi connectivity index (χ4v) is 1.94. The number of hydrogen-bond donors (Lipinski definition) is 1. The molecule has 0 amide bonds. The second kappa shape index (κ2) is 6.46. The lowest BCUT2D eigenvalue weighted by Crippen LogP contribution is -2.22. The zero-order valence-electron chi connectivity index (χ0n) is 11.4. The van der Waals surface area contributed by atoms with Gasteiger partial charge in [0.25, 0.3) is 0 Å². The molecule has 0 fully saturated rings. The molecule has 0 atom stereocenters. The van der Waals surface area contributed by atoms with E-state index in [1.54, 1.807) is 0 Å². The summed E-state index contributed by atoms with van der Waals surface area (Å²) in [7, 11) is 0. The van der Waals surface area contributed by atoms with Crippen LogP contribution < -0.4 is 5.32 Å². The molecule has 3 heteroatoms. The molecule has 1 rings (SSSR count). The smallest absolute Gasteiger partial charge is 0.102 e. The summed E-state index contributed by atoms with van der Waals surface area (Å²) in [6.07, 6.45) is 6.34. The average molecular weight is 233 g/mol. The Labute approximate surface area is 105 Å². The van der Waals surface area contributed by atoms with Crippen LogP contribution in [0.25, 0.3) is 0 Å². The van der Waals surface area contributed by atoms with Crippen molar-refractivity contribution in [2.45, 2.75) is 40.7 Å². The van der Waals surface area contributed by atoms with Gasteiger partial charge in [-0.15, -0.1) is 6.42 Å². The molecule has 1 heterocycles. The van der Waals surface area contributed by atoms with Crippen molar-refractivity contribution in [1.82, 2.24) is 15.1 Å². The van der Waals surface area contributed by atoms with E-state index in [4.69, 9.17) is 6.42 Å². The Bertz CT molecular complexity index is 396. The fraction of sp³-hybridized carbons (Fsp3) is 0.643. The molecule has 0 spiro atoms. The first-order chi connectivity index (χ1) is 8.06. The quantitative estimate of drug-likeness (QED) is 0.601. The minimum absolute atomic E-state index is 0.562. The minimum atomic E-state index is 0.562. The van der Waals surface area contributed by atoms with Crippen LogP contribution in [0.5, 0.6) is 0 Å². The van der Waals surface area contributed by atoms with Crippen molar-refractivity contribution in [3.8, 4) is 12.3 Å². The van der Waals surface area contributed by atoms with E-state index in [9.17, 15) is 0 Å². The van der Waals surface area contributed by atoms with E-state index in [2.05, 4.69) is 44.0 Å². The third-order valence-electron chi connectivity index (χ3n) is 2.88. The van der Waals surface area contributed by atoms with Gasteiger partial charge in [0.2, 0.25) is 0 Å². The van der Waals surface area contributed by atoms with Gasteiger partial charge in [0, 0.05) is 5.69 Å². The lowest BCUT2D eigenvalue weighted by Gasteiger charge is -2.07. The maximum absolute atomic E-state index is 5.32. The van der Waals surface area contributed by atoms with Crippen LogP contribution in [0.3, 0.4) is 0 Å². The molecular weight excluding hydrogens is 210 g/mol. The summed E-state index contributed by atoms with van der Waals surface area (Å²) in [4.78, 5) is 0. The van der Waals surface area contributed by atoms with E-state index < -0.39 is 0 Å². The van der Waals surface area contributed by atoms with Crippen LogP contribution in [-0.4, -0.2) is 22.9 Å². The van der Waals surface area contributed by atoms with Gasteiger partial charge in [0.1, 0.15) is 6.54 Å². The number of terminal acetylenes is 1. The summed E-state index contributed by atoms with van der Waals surface area (Å²) in [6.45, 7) is 11.2. The van der Waals surface area contributed by atoms with E-state index in [-0.39, 0.29) is 0 Å². The average Bonchev–Trinajstić information content (AvgIpc) is 2.51. The highest BCUT2D eigenvalue weighted by Gasteiger charge is 2.10. The number of hydrogen-bond acceptors (Lipinski definition) is 2. The fourth-order valence-electron chi connectivity index (χ4n) is 1.94. The largest absolute Gasteiger partial charge is 0.316 e. The van der Waals surface area contributed by atoms with Crippen molar-refractivity contribution in [2.75, 3.05) is 13.1 Å². The number of nitrogens with one attached hydrogen (secondary N) is 1. The van der Waals surface area contributed by atoms with Crippen LogP contribution in [0, 0.1) is 32.1 Å². The van der Waals surface area contributed by atoms with Gasteiger partial charge >= 0.3 is 0 Å². The standard InChI is InChI=1S/C14H23N3/c1-6-9-17-13(5)14(12(4)16-17)7-8-15-10-11(2)3/h1,11,15H,7-10H2,2-5H3. The second-order valence-electron chi connectivity index (χ2n) is 4.86. The van der Waals surface area contributed by atoms with E-state index in [0.29, 0.717) is 12.5 Å². The van der Waals surface area contributed by atoms with Crippen LogP contribution in [0.15, 0.2) is 0 Å². The Balaban J connectivity index is 2.56. The monoisotopic (exact) mass is 233 g/mol. The predicted molar refractivity (Wildman–Crippen MR) is 71.9 cm³/mol. The van der Waals surface area contributed by atoms with E-state index >= 15 is 0 Å². The first-order valence-corrected chi connectivity index (χ1v) is 6.23. The summed E-state index contributed by atoms with van der Waals surface area (Å²) >= 11 is 0. The second-order valence-corrected chi connectivity index (χ2v) is 4.86. The summed E-state index contributed by atoms with van der Waals surface area (Å²) in [5.74, 6) is 3.33. The Morgan fingerprint density at radius 2 is 2.12 bits per heavy atom. The molecule has 0 aliphatic carbocycles. The SMILES string of the molecule is C#CCn1nc(C)c(CCNCC(C)C)c1C. The summed E-state index contributed by atoms with van der Waals surface area (Å²) < 4.78 is 1.91. The molecule has 0 bridgehead atoms. The Hall–Kier alpha value is -1.27. The minimum Gasteiger partial charge on any atom is -0.316 e. The van der Waals surface area contributed by atoms with Crippen LogP contribution in [0.4, 0.5) is 0 Å². The Morgan fingerprint density at radius 1 is 1.41 bits per heavy atom. The zero-order chi connectivity index (χ0) is 12.8. The van der Waals surface area contributed by atoms with Crippen molar-refractivity contribution in [2.24, 2.45) is 5.92 Å². The molecule has 1 N–H and O–H groups in total. The molecule has 1 aromatic rings. The highest BCUT2D eigenvalue weighted by Crippen LogP contribution is 2.13. The summed E-state index contributed by atoms with van der Waals surface area (Å²) in [6, 6.07) is 0. The predicted octanol–water partition coefficient (Wildman–Crippen LogP) is 1.92. The third kappa shape index (κ3) is 3.90. The van der Waals surface area contributed by atoms with Gasteiger partial charge in [0.15, 0.2) is 0 Å². The maximum Gasteiger partial charge on any atom is 0.102 e. The number of aromatic nitrogens is 2. The molecule has 0 saturated heterocycles. The van der Waals surface area contributed by atoms with Gasteiger partial charge < -0.3 is 5.32 Å². The maximum atomic E-state index is 5.32. The molecule has 0 aromatic carbocycles. The van der Waals surface area contributed by atoms with Gasteiger partial charge in [-0.2, -0.15) is 5.10 Å². The van der Waals surface area contributed by atoms with E-state index in [1.165, 1.54) is 11.3 Å². The number of aryl methyl sites for hydroxylation is 1. The van der Waals surface area contributed by atoms with E-state index in [1.807, 2.05) is 4.68 Å². The first kappa shape index (κ1) is 13.8. The molecule has 0 aliphatic heterocycles. The van der Waals surface area contributed by atoms with Crippen molar-refractivity contribution < 1.29 is 0 Å². The molecule has 3 nitrogen and oxygen atoms in total. The number of nitrogens with zero attached hydrogens (tertiary/aromatic N) is 2. The molecule has 94 valence electrons. The van der Waals surface area contributed by atoms with Crippen molar-refractivity contribution >= 4 is 0 Å². The normalized spacial score (nSPS) is 10.8. The third-order valence-corrected chi connectivity index (χ3v) is 2.88. The molecular formula is C14H23N3. The molecule has 0 unspecified atom stereocenters. The van der Waals surface area contributed by atoms with Crippen LogP contribution in [0.1, 0.15) is 30.8 Å². The van der Waals surface area contributed by atoms with Crippen LogP contribution in [0.2, 0.25) is 0 Å². The first-order valence-electron chi connectivity index (χ1n) is 6.23. The highest BCUT2D eigenvalue weighted by molar-refractivity contribution is 5.25. The van der Waals surface area contributed by atoms with E-state index in [0.717, 1.165) is 25.2 Å².